The van der Waals surface area contributed by atoms with E-state index in [2.05, 4.69) is 5.32 Å². The summed E-state index contributed by atoms with van der Waals surface area (Å²) in [5.41, 5.74) is -4.12. The Hall–Kier alpha value is -3.54. The fraction of sp³-hybridized carbons (Fsp3) is 0.655. The Balaban J connectivity index is 3.49. The summed E-state index contributed by atoms with van der Waals surface area (Å²) >= 11 is 0. The van der Waals surface area contributed by atoms with Crippen molar-refractivity contribution in [2.45, 2.75) is 112 Å². The van der Waals surface area contributed by atoms with E-state index in [0.717, 1.165) is 0 Å². The van der Waals surface area contributed by atoms with Gasteiger partial charge in [0.05, 0.1) is 6.61 Å². The molecule has 1 aromatic rings. The zero-order valence-corrected chi connectivity index (χ0v) is 26.0. The third kappa shape index (κ3) is 13.6. The lowest BCUT2D eigenvalue weighted by molar-refractivity contribution is -0.167. The zero-order valence-electron chi connectivity index (χ0n) is 26.0. The van der Waals surface area contributed by atoms with Crippen LogP contribution < -0.4 is 14.8 Å². The second-order valence-electron chi connectivity index (χ2n) is 12.9. The smallest absolute Gasteiger partial charge is 0.477 e. The Morgan fingerprint density at radius 1 is 0.805 bits per heavy atom. The van der Waals surface area contributed by atoms with Crippen LogP contribution in [0, 0.1) is 5.41 Å². The SMILES string of the molecule is CCC(C)N[C@@](Cc1ccc(OC(=O)OC(C)(C)C)c(OC(=O)OC(C)(C)C)c1)(OC(=O)OCC(C)(C)C)C(=O)O. The van der Waals surface area contributed by atoms with Crippen LogP contribution in [-0.4, -0.2) is 59.1 Å². The van der Waals surface area contributed by atoms with Gasteiger partial charge in [-0.2, -0.15) is 0 Å². The summed E-state index contributed by atoms with van der Waals surface area (Å²) in [7, 11) is 0. The van der Waals surface area contributed by atoms with Crippen LogP contribution in [0.5, 0.6) is 11.5 Å². The summed E-state index contributed by atoms with van der Waals surface area (Å²) in [5, 5.41) is 13.1. The van der Waals surface area contributed by atoms with E-state index in [9.17, 15) is 24.3 Å². The molecule has 2 N–H and O–H groups in total. The third-order valence-electron chi connectivity index (χ3n) is 4.94. The quantitative estimate of drug-likeness (QED) is 0.139. The molecule has 0 amide bonds. The largest absolute Gasteiger partial charge is 0.514 e. The highest BCUT2D eigenvalue weighted by molar-refractivity contribution is 5.80. The Kier molecular flexibility index (Phi) is 12.0. The van der Waals surface area contributed by atoms with Crippen molar-refractivity contribution in [3.05, 3.63) is 23.8 Å². The van der Waals surface area contributed by atoms with Crippen molar-refractivity contribution in [2.24, 2.45) is 5.41 Å². The summed E-state index contributed by atoms with van der Waals surface area (Å²) in [6.45, 7) is 19.0. The van der Waals surface area contributed by atoms with E-state index in [1.54, 1.807) is 48.5 Å². The van der Waals surface area contributed by atoms with Crippen LogP contribution in [0.2, 0.25) is 0 Å². The molecule has 0 bridgehead atoms. The van der Waals surface area contributed by atoms with E-state index < -0.39 is 47.8 Å². The molecule has 0 radical (unpaired) electrons. The third-order valence-corrected chi connectivity index (χ3v) is 4.94. The zero-order chi connectivity index (χ0) is 31.8. The molecule has 0 spiro atoms. The van der Waals surface area contributed by atoms with Crippen LogP contribution in [0.4, 0.5) is 14.4 Å². The molecule has 12 nitrogen and oxygen atoms in total. The highest BCUT2D eigenvalue weighted by Gasteiger charge is 2.45. The number of carbonyl (C=O) groups excluding carboxylic acids is 3. The number of hydrogen-bond donors (Lipinski definition) is 2. The van der Waals surface area contributed by atoms with Crippen LogP contribution in [0.15, 0.2) is 18.2 Å². The number of carboxylic acids is 1. The van der Waals surface area contributed by atoms with Crippen LogP contribution in [0.25, 0.3) is 0 Å². The maximum atomic E-state index is 12.6. The predicted molar refractivity (Wildman–Crippen MR) is 149 cm³/mol. The molecular weight excluding hydrogens is 538 g/mol. The second kappa shape index (κ2) is 13.9. The first-order valence-electron chi connectivity index (χ1n) is 13.4. The lowest BCUT2D eigenvalue weighted by Crippen LogP contribution is -2.59. The van der Waals surface area contributed by atoms with E-state index in [0.29, 0.717) is 6.42 Å². The fourth-order valence-corrected chi connectivity index (χ4v) is 3.08. The van der Waals surface area contributed by atoms with Crippen LogP contribution >= 0.6 is 0 Å². The first-order chi connectivity index (χ1) is 18.5. The number of hydrogen-bond acceptors (Lipinski definition) is 11. The van der Waals surface area contributed by atoms with E-state index >= 15 is 0 Å². The van der Waals surface area contributed by atoms with Crippen LogP contribution in [0.1, 0.15) is 88.1 Å². The first-order valence-corrected chi connectivity index (χ1v) is 13.4. The summed E-state index contributed by atoms with van der Waals surface area (Å²) in [5.74, 6) is -1.91. The minimum atomic E-state index is -2.25. The molecule has 0 saturated heterocycles. The first kappa shape index (κ1) is 35.5. The minimum absolute atomic E-state index is 0.00452. The molecule has 1 rings (SSSR count). The monoisotopic (exact) mass is 583 g/mol. The van der Waals surface area contributed by atoms with Crippen molar-refractivity contribution in [1.29, 1.82) is 0 Å². The Morgan fingerprint density at radius 2 is 1.32 bits per heavy atom. The summed E-state index contributed by atoms with van der Waals surface area (Å²) < 4.78 is 31.6. The maximum absolute atomic E-state index is 12.6. The molecule has 0 aliphatic heterocycles. The Bertz CT molecular complexity index is 1080. The van der Waals surface area contributed by atoms with Crippen LogP contribution in [0.3, 0.4) is 0 Å². The topological polar surface area (TPSA) is 156 Å². The van der Waals surface area contributed by atoms with E-state index in [-0.39, 0.29) is 35.1 Å². The van der Waals surface area contributed by atoms with Gasteiger partial charge in [-0.25, -0.2) is 19.2 Å². The molecular formula is C29H45NO11. The minimum Gasteiger partial charge on any atom is -0.477 e. The fourth-order valence-electron chi connectivity index (χ4n) is 3.08. The molecule has 1 aromatic carbocycles. The summed E-state index contributed by atoms with van der Waals surface area (Å²) in [4.78, 5) is 50.0. The highest BCUT2D eigenvalue weighted by Crippen LogP contribution is 2.32. The van der Waals surface area contributed by atoms with Crippen molar-refractivity contribution in [2.75, 3.05) is 6.61 Å². The number of rotatable bonds is 10. The van der Waals surface area contributed by atoms with Gasteiger partial charge < -0.3 is 33.5 Å². The Morgan fingerprint density at radius 3 is 1.76 bits per heavy atom. The van der Waals surface area contributed by atoms with Gasteiger partial charge in [-0.05, 0) is 78.0 Å². The average Bonchev–Trinajstić information content (AvgIpc) is 2.76. The van der Waals surface area contributed by atoms with Gasteiger partial charge in [0.1, 0.15) is 11.2 Å². The number of nitrogens with one attached hydrogen (secondary N) is 1. The second-order valence-corrected chi connectivity index (χ2v) is 12.9. The number of benzene rings is 1. The van der Waals surface area contributed by atoms with Crippen LogP contribution in [-0.2, 0) is 30.2 Å². The van der Waals surface area contributed by atoms with Crippen molar-refractivity contribution in [3.63, 3.8) is 0 Å². The normalized spacial score (nSPS) is 14.2. The molecule has 1 unspecified atom stereocenters. The highest BCUT2D eigenvalue weighted by atomic mass is 16.8. The molecule has 0 fully saturated rings. The number of carbonyl (C=O) groups is 4. The molecule has 0 heterocycles. The van der Waals surface area contributed by atoms with Gasteiger partial charge >= 0.3 is 24.4 Å². The molecule has 0 aromatic heterocycles. The van der Waals surface area contributed by atoms with E-state index in [1.165, 1.54) is 18.2 Å². The van der Waals surface area contributed by atoms with E-state index in [4.69, 9.17) is 28.4 Å². The van der Waals surface area contributed by atoms with Gasteiger partial charge in [-0.3, -0.25) is 5.32 Å². The molecule has 0 aliphatic rings. The van der Waals surface area contributed by atoms with Crippen molar-refractivity contribution >= 4 is 24.4 Å². The summed E-state index contributed by atoms with van der Waals surface area (Å²) in [6, 6.07) is 3.63. The summed E-state index contributed by atoms with van der Waals surface area (Å²) in [6.07, 6.45) is -3.21. The van der Waals surface area contributed by atoms with Gasteiger partial charge in [0, 0.05) is 12.5 Å². The standard InChI is InChI=1S/C29H45NO11/c1-12-18(2)30-29(22(31)32,41-23(33)36-17-26(3,4)5)16-19-13-14-20(37-24(34)39-27(6,7)8)21(15-19)38-25(35)40-28(9,10)11/h13-15,18,30H,12,16-17H2,1-11H3,(H,31,32)/t18?,29-/m0/s1. The predicted octanol–water partition coefficient (Wildman–Crippen LogP) is 6.23. The van der Waals surface area contributed by atoms with Crippen molar-refractivity contribution < 1.29 is 52.7 Å². The maximum Gasteiger partial charge on any atom is 0.514 e. The van der Waals surface area contributed by atoms with Gasteiger partial charge in [-0.1, -0.05) is 33.8 Å². The number of carboxylic acid groups (broad SMARTS) is 1. The average molecular weight is 584 g/mol. The molecule has 0 saturated carbocycles. The van der Waals surface area contributed by atoms with Crippen molar-refractivity contribution in [1.82, 2.24) is 5.32 Å². The van der Waals surface area contributed by atoms with Gasteiger partial charge in [0.25, 0.3) is 5.72 Å². The number of aliphatic carboxylic acids is 1. The lowest BCUT2D eigenvalue weighted by Gasteiger charge is -2.33. The number of ether oxygens (including phenoxy) is 6. The van der Waals surface area contributed by atoms with E-state index in [1.807, 2.05) is 27.7 Å². The molecule has 232 valence electrons. The van der Waals surface area contributed by atoms with Crippen molar-refractivity contribution in [3.8, 4) is 11.5 Å². The molecule has 41 heavy (non-hydrogen) atoms. The lowest BCUT2D eigenvalue weighted by atomic mass is 9.99. The molecule has 2 atom stereocenters. The Labute approximate surface area is 241 Å². The van der Waals surface area contributed by atoms with Gasteiger partial charge in [-0.15, -0.1) is 0 Å². The molecule has 0 aliphatic carbocycles. The van der Waals surface area contributed by atoms with Gasteiger partial charge in [0.2, 0.25) is 0 Å². The van der Waals surface area contributed by atoms with Gasteiger partial charge in [0.15, 0.2) is 11.5 Å². The molecule has 12 heteroatoms.